The predicted molar refractivity (Wildman–Crippen MR) is 79.6 cm³/mol. The summed E-state index contributed by atoms with van der Waals surface area (Å²) in [6, 6.07) is 9.17. The number of benzene rings is 1. The molecule has 0 unspecified atom stereocenters. The smallest absolute Gasteiger partial charge is 0.319 e. The van der Waals surface area contributed by atoms with Crippen LogP contribution < -0.4 is 10.6 Å². The molecule has 1 aromatic heterocycles. The molecule has 1 aliphatic heterocycles. The van der Waals surface area contributed by atoms with Crippen molar-refractivity contribution in [3.05, 3.63) is 42.7 Å². The van der Waals surface area contributed by atoms with Crippen LogP contribution in [0.25, 0.3) is 5.69 Å². The Morgan fingerprint density at radius 3 is 2.81 bits per heavy atom. The number of carbonyl (C=O) groups excluding carboxylic acids is 1. The topological polar surface area (TPSA) is 68.2 Å². The van der Waals surface area contributed by atoms with Crippen molar-refractivity contribution in [3.8, 4) is 5.69 Å². The molecule has 6 nitrogen and oxygen atoms in total. The average molecular weight is 286 g/mol. The summed E-state index contributed by atoms with van der Waals surface area (Å²) in [6.07, 6.45) is 4.43. The van der Waals surface area contributed by atoms with Crippen LogP contribution in [0.4, 0.5) is 10.5 Å². The minimum Gasteiger partial charge on any atom is -0.379 e. The number of ether oxygens (including phenoxy) is 1. The Bertz CT molecular complexity index is 601. The third kappa shape index (κ3) is 3.22. The Morgan fingerprint density at radius 2 is 2.19 bits per heavy atom. The normalized spacial score (nSPS) is 21.2. The van der Waals surface area contributed by atoms with Crippen LogP contribution in [0.5, 0.6) is 0 Å². The largest absolute Gasteiger partial charge is 0.379 e. The summed E-state index contributed by atoms with van der Waals surface area (Å²) < 4.78 is 7.08. The first-order valence-electron chi connectivity index (χ1n) is 6.92. The minimum absolute atomic E-state index is 0.213. The van der Waals surface area contributed by atoms with Crippen LogP contribution in [0.1, 0.15) is 13.3 Å². The van der Waals surface area contributed by atoms with E-state index in [4.69, 9.17) is 4.74 Å². The van der Waals surface area contributed by atoms with E-state index in [1.54, 1.807) is 10.9 Å². The van der Waals surface area contributed by atoms with Crippen LogP contribution in [0.15, 0.2) is 42.7 Å². The molecule has 2 amide bonds. The number of carbonyl (C=O) groups is 1. The first-order valence-corrected chi connectivity index (χ1v) is 6.92. The summed E-state index contributed by atoms with van der Waals surface area (Å²) in [6.45, 7) is 3.23. The van der Waals surface area contributed by atoms with Gasteiger partial charge in [-0.15, -0.1) is 0 Å². The molecule has 2 N–H and O–H groups in total. The quantitative estimate of drug-likeness (QED) is 0.908. The Hall–Kier alpha value is -2.34. The van der Waals surface area contributed by atoms with Gasteiger partial charge in [0, 0.05) is 24.7 Å². The molecule has 1 saturated heterocycles. The molecule has 1 aromatic carbocycles. The van der Waals surface area contributed by atoms with Gasteiger partial charge in [0.25, 0.3) is 0 Å². The van der Waals surface area contributed by atoms with E-state index in [1.807, 2.05) is 43.5 Å². The number of hydrogen-bond donors (Lipinski definition) is 2. The van der Waals surface area contributed by atoms with Gasteiger partial charge >= 0.3 is 6.03 Å². The van der Waals surface area contributed by atoms with Gasteiger partial charge in [0.05, 0.1) is 17.8 Å². The molecule has 2 aromatic rings. The van der Waals surface area contributed by atoms with Crippen molar-refractivity contribution in [2.75, 3.05) is 18.5 Å². The number of nitrogens with zero attached hydrogens (tertiary/aromatic N) is 2. The number of hydrogen-bond acceptors (Lipinski definition) is 3. The fraction of sp³-hybridized carbons (Fsp3) is 0.333. The monoisotopic (exact) mass is 286 g/mol. The summed E-state index contributed by atoms with van der Waals surface area (Å²) in [5.74, 6) is 0. The van der Waals surface area contributed by atoms with Crippen molar-refractivity contribution in [2.24, 2.45) is 0 Å². The lowest BCUT2D eigenvalue weighted by atomic mass is 10.0. The van der Waals surface area contributed by atoms with Gasteiger partial charge in [-0.2, -0.15) is 5.10 Å². The van der Waals surface area contributed by atoms with Crippen LogP contribution in [-0.2, 0) is 4.74 Å². The number of aromatic nitrogens is 2. The highest BCUT2D eigenvalue weighted by Gasteiger charge is 2.31. The second kappa shape index (κ2) is 5.57. The Balaban J connectivity index is 1.61. The van der Waals surface area contributed by atoms with Crippen LogP contribution in [0, 0.1) is 0 Å². The molecule has 0 aliphatic carbocycles. The fourth-order valence-corrected chi connectivity index (χ4v) is 2.32. The Morgan fingerprint density at radius 1 is 1.38 bits per heavy atom. The first kappa shape index (κ1) is 13.6. The zero-order valence-electron chi connectivity index (χ0n) is 11.9. The fourth-order valence-electron chi connectivity index (χ4n) is 2.32. The molecule has 3 rings (SSSR count). The second-order valence-electron chi connectivity index (χ2n) is 5.44. The van der Waals surface area contributed by atoms with Crippen molar-refractivity contribution in [1.29, 1.82) is 0 Å². The number of urea groups is 1. The molecule has 0 bridgehead atoms. The van der Waals surface area contributed by atoms with E-state index in [0.29, 0.717) is 13.2 Å². The molecule has 21 heavy (non-hydrogen) atoms. The van der Waals surface area contributed by atoms with Gasteiger partial charge in [-0.25, -0.2) is 9.48 Å². The number of nitrogens with one attached hydrogen (secondary N) is 2. The molecule has 1 atom stereocenters. The number of anilines is 1. The average Bonchev–Trinajstić information content (AvgIpc) is 3.11. The first-order chi connectivity index (χ1) is 10.1. The molecular weight excluding hydrogens is 268 g/mol. The molecule has 0 radical (unpaired) electrons. The number of amides is 2. The van der Waals surface area contributed by atoms with Gasteiger partial charge in [-0.1, -0.05) is 0 Å². The van der Waals surface area contributed by atoms with Crippen LogP contribution in [-0.4, -0.2) is 34.6 Å². The summed E-state index contributed by atoms with van der Waals surface area (Å²) in [7, 11) is 0. The van der Waals surface area contributed by atoms with E-state index in [-0.39, 0.29) is 11.6 Å². The van der Waals surface area contributed by atoms with Crippen LogP contribution in [0.3, 0.4) is 0 Å². The van der Waals surface area contributed by atoms with Crippen molar-refractivity contribution in [1.82, 2.24) is 15.1 Å². The lowest BCUT2D eigenvalue weighted by Crippen LogP contribution is -2.48. The highest BCUT2D eigenvalue weighted by Crippen LogP contribution is 2.18. The molecule has 0 saturated carbocycles. The summed E-state index contributed by atoms with van der Waals surface area (Å²) in [5.41, 5.74) is 1.41. The lowest BCUT2D eigenvalue weighted by molar-refractivity contribution is 0.172. The van der Waals surface area contributed by atoms with Crippen molar-refractivity contribution < 1.29 is 9.53 Å². The molecule has 1 aliphatic rings. The summed E-state index contributed by atoms with van der Waals surface area (Å²) in [5, 5.41) is 9.94. The highest BCUT2D eigenvalue weighted by molar-refractivity contribution is 5.89. The molecule has 2 heterocycles. The van der Waals surface area contributed by atoms with E-state index >= 15 is 0 Å². The van der Waals surface area contributed by atoms with Crippen molar-refractivity contribution in [2.45, 2.75) is 18.9 Å². The van der Waals surface area contributed by atoms with Gasteiger partial charge in [0.2, 0.25) is 0 Å². The van der Waals surface area contributed by atoms with Crippen LogP contribution >= 0.6 is 0 Å². The molecule has 1 fully saturated rings. The zero-order valence-corrected chi connectivity index (χ0v) is 11.9. The Kier molecular flexibility index (Phi) is 3.62. The maximum atomic E-state index is 12.0. The summed E-state index contributed by atoms with van der Waals surface area (Å²) >= 11 is 0. The van der Waals surface area contributed by atoms with E-state index in [1.165, 1.54) is 0 Å². The van der Waals surface area contributed by atoms with Crippen molar-refractivity contribution in [3.63, 3.8) is 0 Å². The Labute approximate surface area is 123 Å². The third-order valence-electron chi connectivity index (χ3n) is 3.53. The van der Waals surface area contributed by atoms with E-state index in [9.17, 15) is 4.79 Å². The molecule has 0 spiro atoms. The highest BCUT2D eigenvalue weighted by atomic mass is 16.5. The van der Waals surface area contributed by atoms with Gasteiger partial charge < -0.3 is 15.4 Å². The van der Waals surface area contributed by atoms with Gasteiger partial charge in [0.1, 0.15) is 0 Å². The SMILES string of the molecule is C[C@@]1(NC(=O)Nc2ccc(-n3cccn3)cc2)CCOC1. The van der Waals surface area contributed by atoms with E-state index in [0.717, 1.165) is 17.8 Å². The minimum atomic E-state index is -0.279. The molecule has 6 heteroatoms. The van der Waals surface area contributed by atoms with Crippen molar-refractivity contribution >= 4 is 11.7 Å². The van der Waals surface area contributed by atoms with Gasteiger partial charge in [-0.05, 0) is 43.7 Å². The standard InChI is InChI=1S/C15H18N4O2/c1-15(7-10-21-11-15)18-14(20)17-12-3-5-13(6-4-12)19-9-2-8-16-19/h2-6,8-9H,7,10-11H2,1H3,(H2,17,18,20)/t15-/m1/s1. The van der Waals surface area contributed by atoms with Gasteiger partial charge in [-0.3, -0.25) is 0 Å². The third-order valence-corrected chi connectivity index (χ3v) is 3.53. The summed E-state index contributed by atoms with van der Waals surface area (Å²) in [4.78, 5) is 12.0. The maximum Gasteiger partial charge on any atom is 0.319 e. The van der Waals surface area contributed by atoms with E-state index in [2.05, 4.69) is 15.7 Å². The maximum absolute atomic E-state index is 12.0. The predicted octanol–water partition coefficient (Wildman–Crippen LogP) is 2.17. The van der Waals surface area contributed by atoms with E-state index < -0.39 is 0 Å². The van der Waals surface area contributed by atoms with Gasteiger partial charge in [0.15, 0.2) is 0 Å². The molecular formula is C15H18N4O2. The lowest BCUT2D eigenvalue weighted by Gasteiger charge is -2.23. The second-order valence-corrected chi connectivity index (χ2v) is 5.44. The zero-order chi connectivity index (χ0) is 14.7. The van der Waals surface area contributed by atoms with Crippen LogP contribution in [0.2, 0.25) is 0 Å². The number of rotatable bonds is 3. The molecule has 110 valence electrons.